The van der Waals surface area contributed by atoms with Crippen LogP contribution in [0.1, 0.15) is 15.9 Å². The normalized spacial score (nSPS) is 10.5. The van der Waals surface area contributed by atoms with Gasteiger partial charge < -0.3 is 19.9 Å². The third-order valence-electron chi connectivity index (χ3n) is 3.42. The lowest BCUT2D eigenvalue weighted by Crippen LogP contribution is -1.98. The molecule has 0 saturated carbocycles. The molecule has 6 heteroatoms. The molecule has 6 nitrogen and oxygen atoms in total. The molecule has 0 spiro atoms. The van der Waals surface area contributed by atoms with Crippen molar-refractivity contribution in [3.05, 3.63) is 53.7 Å². The molecule has 3 N–H and O–H groups in total. The van der Waals surface area contributed by atoms with Crippen LogP contribution < -0.4 is 0 Å². The second kappa shape index (κ2) is 4.82. The Morgan fingerprint density at radius 1 is 1.14 bits per heavy atom. The highest BCUT2D eigenvalue weighted by molar-refractivity contribution is 5.94. The molecule has 0 atom stereocenters. The minimum atomic E-state index is -1.23. The third-order valence-corrected chi connectivity index (χ3v) is 3.42. The number of rotatable bonds is 2. The number of phenolic OH excluding ortho intramolecular Hbond substituents is 1. The van der Waals surface area contributed by atoms with Crippen molar-refractivity contribution in [1.29, 1.82) is 5.26 Å². The first-order chi connectivity index (χ1) is 10.5. The Labute approximate surface area is 124 Å². The number of fused-ring (bicyclic) bond motifs is 1. The maximum absolute atomic E-state index is 10.9. The van der Waals surface area contributed by atoms with Crippen LogP contribution >= 0.6 is 0 Å². The van der Waals surface area contributed by atoms with E-state index in [0.717, 1.165) is 0 Å². The molecule has 22 heavy (non-hydrogen) atoms. The fourth-order valence-corrected chi connectivity index (χ4v) is 2.42. The van der Waals surface area contributed by atoms with Crippen molar-refractivity contribution in [2.75, 3.05) is 0 Å². The summed E-state index contributed by atoms with van der Waals surface area (Å²) in [6.45, 7) is 0. The van der Waals surface area contributed by atoms with Gasteiger partial charge in [-0.15, -0.1) is 0 Å². The molecule has 0 aliphatic rings. The summed E-state index contributed by atoms with van der Waals surface area (Å²) < 4.78 is 1.61. The number of benzene rings is 2. The molecule has 0 bridgehead atoms. The SMILES string of the molecule is N#Cc1cn(-c2ccc(C(=O)O)c(O)c2)c2cccc(O)c12. The molecule has 0 aliphatic heterocycles. The molecule has 1 aromatic heterocycles. The van der Waals surface area contributed by atoms with E-state index in [-0.39, 0.29) is 22.6 Å². The Kier molecular flexibility index (Phi) is 2.96. The number of aromatic nitrogens is 1. The Bertz CT molecular complexity index is 951. The van der Waals surface area contributed by atoms with E-state index < -0.39 is 5.97 Å². The number of carbonyl (C=O) groups is 1. The molecule has 0 saturated heterocycles. The number of nitrogens with zero attached hydrogens (tertiary/aromatic N) is 2. The number of carboxylic acids is 1. The van der Waals surface area contributed by atoms with Gasteiger partial charge in [0.25, 0.3) is 0 Å². The fourth-order valence-electron chi connectivity index (χ4n) is 2.42. The van der Waals surface area contributed by atoms with E-state index in [0.29, 0.717) is 16.6 Å². The lowest BCUT2D eigenvalue weighted by atomic mass is 10.1. The van der Waals surface area contributed by atoms with Crippen LogP contribution in [0.3, 0.4) is 0 Å². The van der Waals surface area contributed by atoms with Crippen LogP contribution in [-0.4, -0.2) is 25.9 Å². The lowest BCUT2D eigenvalue weighted by Gasteiger charge is -2.07. The monoisotopic (exact) mass is 294 g/mol. The number of aromatic carboxylic acids is 1. The summed E-state index contributed by atoms with van der Waals surface area (Å²) in [7, 11) is 0. The smallest absolute Gasteiger partial charge is 0.339 e. The van der Waals surface area contributed by atoms with Gasteiger partial charge >= 0.3 is 5.97 Å². The van der Waals surface area contributed by atoms with E-state index in [1.807, 2.05) is 6.07 Å². The van der Waals surface area contributed by atoms with Gasteiger partial charge in [0.15, 0.2) is 0 Å². The number of aromatic hydroxyl groups is 2. The summed E-state index contributed by atoms with van der Waals surface area (Å²) in [5, 5.41) is 38.3. The topological polar surface area (TPSA) is 106 Å². The molecule has 2 aromatic carbocycles. The zero-order chi connectivity index (χ0) is 15.9. The molecule has 0 unspecified atom stereocenters. The van der Waals surface area contributed by atoms with Gasteiger partial charge in [-0.1, -0.05) is 6.07 Å². The quantitative estimate of drug-likeness (QED) is 0.673. The highest BCUT2D eigenvalue weighted by Crippen LogP contribution is 2.32. The molecule has 3 aromatic rings. The second-order valence-corrected chi connectivity index (χ2v) is 4.70. The van der Waals surface area contributed by atoms with E-state index in [2.05, 4.69) is 0 Å². The Morgan fingerprint density at radius 2 is 1.91 bits per heavy atom. The summed E-state index contributed by atoms with van der Waals surface area (Å²) in [6, 6.07) is 11.0. The lowest BCUT2D eigenvalue weighted by molar-refractivity contribution is 0.0694. The van der Waals surface area contributed by atoms with E-state index in [9.17, 15) is 20.3 Å². The summed E-state index contributed by atoms with van der Waals surface area (Å²) in [6.07, 6.45) is 1.53. The maximum atomic E-state index is 10.9. The molecule has 0 amide bonds. The fraction of sp³-hybridized carbons (Fsp3) is 0. The van der Waals surface area contributed by atoms with Gasteiger partial charge in [-0.3, -0.25) is 0 Å². The number of carboxylic acid groups (broad SMARTS) is 1. The standard InChI is InChI=1S/C16H10N2O4/c17-7-9-8-18(12-2-1-3-13(19)15(9)12)10-4-5-11(16(21)22)14(20)6-10/h1-6,8,19-20H,(H,21,22). The van der Waals surface area contributed by atoms with Gasteiger partial charge in [0.2, 0.25) is 0 Å². The van der Waals surface area contributed by atoms with Crippen LogP contribution in [0.4, 0.5) is 0 Å². The van der Waals surface area contributed by atoms with Crippen molar-refractivity contribution in [2.24, 2.45) is 0 Å². The molecule has 1 heterocycles. The molecular weight excluding hydrogens is 284 g/mol. The Balaban J connectivity index is 2.28. The van der Waals surface area contributed by atoms with Crippen LogP contribution in [-0.2, 0) is 0 Å². The van der Waals surface area contributed by atoms with Crippen LogP contribution in [0.25, 0.3) is 16.6 Å². The van der Waals surface area contributed by atoms with Gasteiger partial charge in [-0.05, 0) is 24.3 Å². The minimum Gasteiger partial charge on any atom is -0.507 e. The number of hydrogen-bond donors (Lipinski definition) is 3. The number of nitriles is 1. The maximum Gasteiger partial charge on any atom is 0.339 e. The summed E-state index contributed by atoms with van der Waals surface area (Å²) in [4.78, 5) is 10.9. The van der Waals surface area contributed by atoms with Gasteiger partial charge in [0.1, 0.15) is 23.1 Å². The van der Waals surface area contributed by atoms with Crippen molar-refractivity contribution in [3.63, 3.8) is 0 Å². The second-order valence-electron chi connectivity index (χ2n) is 4.70. The summed E-state index contributed by atoms with van der Waals surface area (Å²) >= 11 is 0. The van der Waals surface area contributed by atoms with Crippen LogP contribution in [0.5, 0.6) is 11.5 Å². The Morgan fingerprint density at radius 3 is 2.55 bits per heavy atom. The minimum absolute atomic E-state index is 0.0146. The highest BCUT2D eigenvalue weighted by atomic mass is 16.4. The van der Waals surface area contributed by atoms with E-state index in [1.165, 1.54) is 30.5 Å². The molecule has 0 fully saturated rings. The zero-order valence-electron chi connectivity index (χ0n) is 11.2. The molecule has 0 aliphatic carbocycles. The average Bonchev–Trinajstić information content (AvgIpc) is 2.87. The third kappa shape index (κ3) is 1.93. The largest absolute Gasteiger partial charge is 0.507 e. The zero-order valence-corrected chi connectivity index (χ0v) is 11.2. The van der Waals surface area contributed by atoms with Crippen LogP contribution in [0.15, 0.2) is 42.6 Å². The molecular formula is C16H10N2O4. The van der Waals surface area contributed by atoms with E-state index in [1.54, 1.807) is 16.7 Å². The molecule has 3 rings (SSSR count). The predicted octanol–water partition coefficient (Wildman–Crippen LogP) is 2.61. The number of hydrogen-bond acceptors (Lipinski definition) is 4. The summed E-state index contributed by atoms with van der Waals surface area (Å²) in [5.74, 6) is -1.61. The first kappa shape index (κ1) is 13.5. The molecule has 108 valence electrons. The van der Waals surface area contributed by atoms with Crippen molar-refractivity contribution >= 4 is 16.9 Å². The van der Waals surface area contributed by atoms with Crippen LogP contribution in [0, 0.1) is 11.3 Å². The van der Waals surface area contributed by atoms with Gasteiger partial charge in [0, 0.05) is 18.0 Å². The van der Waals surface area contributed by atoms with Crippen LogP contribution in [0.2, 0.25) is 0 Å². The number of phenols is 2. The van der Waals surface area contributed by atoms with Crippen molar-refractivity contribution in [1.82, 2.24) is 4.57 Å². The van der Waals surface area contributed by atoms with Crippen molar-refractivity contribution in [2.45, 2.75) is 0 Å². The van der Waals surface area contributed by atoms with Gasteiger partial charge in [0.05, 0.1) is 16.5 Å². The summed E-state index contributed by atoms with van der Waals surface area (Å²) in [5.41, 5.74) is 1.15. The van der Waals surface area contributed by atoms with Crippen molar-refractivity contribution < 1.29 is 20.1 Å². The average molecular weight is 294 g/mol. The first-order valence-corrected chi connectivity index (χ1v) is 6.32. The van der Waals surface area contributed by atoms with Gasteiger partial charge in [-0.25, -0.2) is 4.79 Å². The highest BCUT2D eigenvalue weighted by Gasteiger charge is 2.15. The molecule has 0 radical (unpaired) electrons. The first-order valence-electron chi connectivity index (χ1n) is 6.32. The Hall–Kier alpha value is -3.46. The van der Waals surface area contributed by atoms with E-state index in [4.69, 9.17) is 5.11 Å². The van der Waals surface area contributed by atoms with Crippen molar-refractivity contribution in [3.8, 4) is 23.3 Å². The predicted molar refractivity (Wildman–Crippen MR) is 78.3 cm³/mol. The van der Waals surface area contributed by atoms with Gasteiger partial charge in [-0.2, -0.15) is 5.26 Å². The van der Waals surface area contributed by atoms with E-state index >= 15 is 0 Å².